The van der Waals surface area contributed by atoms with Crippen LogP contribution in [0.4, 0.5) is 0 Å². The van der Waals surface area contributed by atoms with Gasteiger partial charge in [0.25, 0.3) is 0 Å². The zero-order valence-electron chi connectivity index (χ0n) is 9.81. The lowest BCUT2D eigenvalue weighted by molar-refractivity contribution is -0.137. The topological polar surface area (TPSA) is 88.0 Å². The van der Waals surface area contributed by atoms with Crippen LogP contribution in [-0.2, 0) is 11.3 Å². The Hall–Kier alpha value is -1.24. The van der Waals surface area contributed by atoms with Crippen molar-refractivity contribution < 1.29 is 9.90 Å². The molecule has 17 heavy (non-hydrogen) atoms. The summed E-state index contributed by atoms with van der Waals surface area (Å²) < 4.78 is 1.59. The van der Waals surface area contributed by atoms with Crippen LogP contribution in [0.1, 0.15) is 32.6 Å². The SMILES string of the molecule is CCn1c(SCCCCCC(=O)O)n[nH]c1=O. The molecule has 96 valence electrons. The van der Waals surface area contributed by atoms with Gasteiger partial charge in [0, 0.05) is 18.7 Å². The Morgan fingerprint density at radius 1 is 1.47 bits per heavy atom. The molecule has 0 fully saturated rings. The molecule has 0 aliphatic carbocycles. The van der Waals surface area contributed by atoms with Crippen LogP contribution < -0.4 is 5.69 Å². The number of H-pyrrole nitrogens is 1. The third kappa shape index (κ3) is 4.64. The number of aromatic nitrogens is 3. The summed E-state index contributed by atoms with van der Waals surface area (Å²) >= 11 is 1.52. The minimum Gasteiger partial charge on any atom is -0.481 e. The van der Waals surface area contributed by atoms with Crippen LogP contribution in [0.5, 0.6) is 0 Å². The third-order valence-electron chi connectivity index (χ3n) is 2.31. The van der Waals surface area contributed by atoms with Gasteiger partial charge in [-0.15, -0.1) is 5.10 Å². The molecule has 0 spiro atoms. The Labute approximate surface area is 103 Å². The second-order valence-electron chi connectivity index (χ2n) is 3.61. The van der Waals surface area contributed by atoms with Gasteiger partial charge in [0.05, 0.1) is 0 Å². The highest BCUT2D eigenvalue weighted by Crippen LogP contribution is 2.15. The fraction of sp³-hybridized carbons (Fsp3) is 0.700. The lowest BCUT2D eigenvalue weighted by Crippen LogP contribution is -2.16. The van der Waals surface area contributed by atoms with Gasteiger partial charge in [0.15, 0.2) is 5.16 Å². The number of aromatic amines is 1. The average Bonchev–Trinajstić information content (AvgIpc) is 2.63. The molecule has 0 saturated heterocycles. The summed E-state index contributed by atoms with van der Waals surface area (Å²) in [4.78, 5) is 21.5. The molecule has 0 aromatic carbocycles. The van der Waals surface area contributed by atoms with E-state index < -0.39 is 5.97 Å². The molecule has 0 bridgehead atoms. The maximum absolute atomic E-state index is 11.2. The Bertz CT molecular complexity index is 413. The van der Waals surface area contributed by atoms with Crippen LogP contribution in [0, 0.1) is 0 Å². The van der Waals surface area contributed by atoms with E-state index in [9.17, 15) is 9.59 Å². The summed E-state index contributed by atoms with van der Waals surface area (Å²) in [5.74, 6) is 0.106. The number of unbranched alkanes of at least 4 members (excludes halogenated alkanes) is 2. The molecule has 0 aliphatic heterocycles. The Balaban J connectivity index is 2.22. The number of carboxylic acid groups (broad SMARTS) is 1. The van der Waals surface area contributed by atoms with E-state index in [-0.39, 0.29) is 12.1 Å². The van der Waals surface area contributed by atoms with Crippen molar-refractivity contribution in [1.29, 1.82) is 0 Å². The van der Waals surface area contributed by atoms with Gasteiger partial charge in [-0.2, -0.15) is 0 Å². The predicted octanol–water partition coefficient (Wildman–Crippen LogP) is 1.33. The third-order valence-corrected chi connectivity index (χ3v) is 3.37. The van der Waals surface area contributed by atoms with Crippen molar-refractivity contribution in [3.63, 3.8) is 0 Å². The van der Waals surface area contributed by atoms with Gasteiger partial charge in [-0.05, 0) is 19.8 Å². The highest BCUT2D eigenvalue weighted by molar-refractivity contribution is 7.99. The Kier molecular flexibility index (Phi) is 5.82. The van der Waals surface area contributed by atoms with Gasteiger partial charge in [-0.1, -0.05) is 18.2 Å². The molecule has 0 atom stereocenters. The van der Waals surface area contributed by atoms with Gasteiger partial charge in [0.2, 0.25) is 0 Å². The molecule has 1 heterocycles. The van der Waals surface area contributed by atoms with Crippen LogP contribution in [-0.4, -0.2) is 31.6 Å². The first-order chi connectivity index (χ1) is 8.15. The van der Waals surface area contributed by atoms with E-state index in [0.29, 0.717) is 18.1 Å². The number of hydrogen-bond acceptors (Lipinski definition) is 4. The average molecular weight is 259 g/mol. The van der Waals surface area contributed by atoms with Crippen molar-refractivity contribution in [2.24, 2.45) is 0 Å². The van der Waals surface area contributed by atoms with Crippen molar-refractivity contribution in [3.8, 4) is 0 Å². The first kappa shape index (κ1) is 13.8. The summed E-state index contributed by atoms with van der Waals surface area (Å²) in [7, 11) is 0. The van der Waals surface area contributed by atoms with Crippen molar-refractivity contribution in [1.82, 2.24) is 14.8 Å². The smallest absolute Gasteiger partial charge is 0.343 e. The second kappa shape index (κ2) is 7.16. The Morgan fingerprint density at radius 3 is 2.88 bits per heavy atom. The van der Waals surface area contributed by atoms with Gasteiger partial charge < -0.3 is 5.11 Å². The molecule has 1 aromatic heterocycles. The van der Waals surface area contributed by atoms with E-state index in [2.05, 4.69) is 10.2 Å². The molecular formula is C10H17N3O3S. The minimum atomic E-state index is -0.746. The number of nitrogens with one attached hydrogen (secondary N) is 1. The number of rotatable bonds is 8. The van der Waals surface area contributed by atoms with Crippen LogP contribution in [0.25, 0.3) is 0 Å². The molecule has 0 radical (unpaired) electrons. The van der Waals surface area contributed by atoms with Crippen LogP contribution >= 0.6 is 11.8 Å². The number of carboxylic acids is 1. The monoisotopic (exact) mass is 259 g/mol. The first-order valence-electron chi connectivity index (χ1n) is 5.65. The van der Waals surface area contributed by atoms with Gasteiger partial charge in [-0.3, -0.25) is 9.36 Å². The highest BCUT2D eigenvalue weighted by Gasteiger charge is 2.06. The van der Waals surface area contributed by atoms with E-state index in [1.807, 2.05) is 6.92 Å². The van der Waals surface area contributed by atoms with Crippen LogP contribution in [0.15, 0.2) is 9.95 Å². The standard InChI is InChI=1S/C10H17N3O3S/c1-2-13-9(16)11-12-10(13)17-7-5-3-4-6-8(14)15/h2-7H2,1H3,(H,11,16)(H,14,15). The molecule has 1 aromatic rings. The molecule has 7 heteroatoms. The Morgan fingerprint density at radius 2 is 2.24 bits per heavy atom. The van der Waals surface area contributed by atoms with E-state index in [1.54, 1.807) is 4.57 Å². The molecule has 2 N–H and O–H groups in total. The molecule has 6 nitrogen and oxygen atoms in total. The van der Waals surface area contributed by atoms with Crippen molar-refractivity contribution >= 4 is 17.7 Å². The number of nitrogens with zero attached hydrogens (tertiary/aromatic N) is 2. The largest absolute Gasteiger partial charge is 0.481 e. The predicted molar refractivity (Wildman–Crippen MR) is 65.3 cm³/mol. The first-order valence-corrected chi connectivity index (χ1v) is 6.63. The lowest BCUT2D eigenvalue weighted by atomic mass is 10.2. The van der Waals surface area contributed by atoms with E-state index in [4.69, 9.17) is 5.11 Å². The second-order valence-corrected chi connectivity index (χ2v) is 4.67. The molecule has 1 rings (SSSR count). The van der Waals surface area contributed by atoms with E-state index in [1.165, 1.54) is 11.8 Å². The van der Waals surface area contributed by atoms with Gasteiger partial charge in [0.1, 0.15) is 0 Å². The maximum Gasteiger partial charge on any atom is 0.343 e. The fourth-order valence-electron chi connectivity index (χ4n) is 1.41. The molecular weight excluding hydrogens is 242 g/mol. The van der Waals surface area contributed by atoms with E-state index >= 15 is 0 Å². The van der Waals surface area contributed by atoms with Crippen molar-refractivity contribution in [2.45, 2.75) is 44.3 Å². The van der Waals surface area contributed by atoms with Crippen LogP contribution in [0.3, 0.4) is 0 Å². The van der Waals surface area contributed by atoms with Crippen molar-refractivity contribution in [3.05, 3.63) is 10.5 Å². The number of carbonyl (C=O) groups is 1. The number of thioether (sulfide) groups is 1. The van der Waals surface area contributed by atoms with Gasteiger partial charge >= 0.3 is 11.7 Å². The summed E-state index contributed by atoms with van der Waals surface area (Å²) in [6, 6.07) is 0. The lowest BCUT2D eigenvalue weighted by Gasteiger charge is -2.01. The van der Waals surface area contributed by atoms with Crippen molar-refractivity contribution in [2.75, 3.05) is 5.75 Å². The summed E-state index contributed by atoms with van der Waals surface area (Å²) in [6.45, 7) is 2.50. The number of aliphatic carboxylic acids is 1. The zero-order valence-corrected chi connectivity index (χ0v) is 10.6. The van der Waals surface area contributed by atoms with Gasteiger partial charge in [-0.25, -0.2) is 9.89 Å². The quantitative estimate of drug-likeness (QED) is 0.543. The minimum absolute atomic E-state index is 0.180. The summed E-state index contributed by atoms with van der Waals surface area (Å²) in [5, 5.41) is 15.5. The highest BCUT2D eigenvalue weighted by atomic mass is 32.2. The molecule has 0 amide bonds. The maximum atomic E-state index is 11.2. The fourth-order valence-corrected chi connectivity index (χ4v) is 2.42. The summed E-state index contributed by atoms with van der Waals surface area (Å²) in [6.07, 6.45) is 2.76. The zero-order chi connectivity index (χ0) is 12.7. The normalized spacial score (nSPS) is 10.6. The molecule has 0 saturated carbocycles. The molecule has 0 aliphatic rings. The van der Waals surface area contributed by atoms with E-state index in [0.717, 1.165) is 18.6 Å². The summed E-state index contributed by atoms with van der Waals surface area (Å²) in [5.41, 5.74) is -0.180. The van der Waals surface area contributed by atoms with Crippen LogP contribution in [0.2, 0.25) is 0 Å². The number of hydrogen-bond donors (Lipinski definition) is 2. The molecule has 0 unspecified atom stereocenters.